The molecular weight excluding hydrogens is 526 g/mol. The average Bonchev–Trinajstić information content (AvgIpc) is 2.92. The summed E-state index contributed by atoms with van der Waals surface area (Å²) in [4.78, 5) is 25.7. The molecular formula is C28H31NO11. The van der Waals surface area contributed by atoms with E-state index in [4.69, 9.17) is 13.9 Å². The number of fused-ring (bicyclic) bond motifs is 1. The van der Waals surface area contributed by atoms with E-state index in [0.717, 1.165) is 5.57 Å². The molecule has 1 aliphatic rings. The van der Waals surface area contributed by atoms with Gasteiger partial charge in [0.1, 0.15) is 41.5 Å². The summed E-state index contributed by atoms with van der Waals surface area (Å²) in [5, 5.41) is 63.0. The number of rotatable bonds is 7. The Morgan fingerprint density at radius 3 is 2.48 bits per heavy atom. The fourth-order valence-corrected chi connectivity index (χ4v) is 4.28. The maximum atomic E-state index is 12.9. The molecule has 0 saturated carbocycles. The fourth-order valence-electron chi connectivity index (χ4n) is 4.28. The number of phenols is 1. The normalized spacial score (nSPS) is 22.6. The van der Waals surface area contributed by atoms with E-state index in [2.05, 4.69) is 5.32 Å². The Kier molecular flexibility index (Phi) is 8.47. The summed E-state index contributed by atoms with van der Waals surface area (Å²) in [5.41, 5.74) is 0.302. The van der Waals surface area contributed by atoms with Crippen LogP contribution in [0.1, 0.15) is 35.3 Å². The monoisotopic (exact) mass is 557 g/mol. The summed E-state index contributed by atoms with van der Waals surface area (Å²) in [7, 11) is 0. The molecule has 40 heavy (non-hydrogen) atoms. The van der Waals surface area contributed by atoms with Crippen LogP contribution in [0.5, 0.6) is 17.2 Å². The predicted molar refractivity (Wildman–Crippen MR) is 142 cm³/mol. The van der Waals surface area contributed by atoms with Gasteiger partial charge in [-0.2, -0.15) is 0 Å². The Bertz CT molecular complexity index is 1510. The van der Waals surface area contributed by atoms with Crippen LogP contribution in [-0.2, 0) is 11.2 Å². The number of ether oxygens (including phenoxy) is 2. The number of benzene rings is 2. The molecule has 3 unspecified atom stereocenters. The summed E-state index contributed by atoms with van der Waals surface area (Å²) >= 11 is 0. The van der Waals surface area contributed by atoms with Crippen LogP contribution in [0.15, 0.2) is 51.2 Å². The number of aliphatic hydroxyl groups excluding tert-OH is 4. The molecule has 214 valence electrons. The second-order valence-corrected chi connectivity index (χ2v) is 9.78. The van der Waals surface area contributed by atoms with Gasteiger partial charge in [-0.05, 0) is 63.1 Å². The number of aryl methyl sites for hydroxylation is 1. The van der Waals surface area contributed by atoms with Gasteiger partial charge in [0.15, 0.2) is 11.4 Å². The average molecular weight is 558 g/mol. The smallest absolute Gasteiger partial charge is 0.364 e. The van der Waals surface area contributed by atoms with E-state index in [1.54, 1.807) is 0 Å². The first kappa shape index (κ1) is 29.1. The number of carbonyl (C=O) groups excluding carboxylic acids is 1. The number of hydrogen-bond donors (Lipinski definition) is 7. The number of nitrogens with one attached hydrogen (secondary N) is 1. The van der Waals surface area contributed by atoms with E-state index in [1.807, 2.05) is 19.9 Å². The van der Waals surface area contributed by atoms with Crippen LogP contribution < -0.4 is 15.7 Å². The molecule has 0 radical (unpaired) electrons. The van der Waals surface area contributed by atoms with Crippen molar-refractivity contribution in [1.82, 2.24) is 0 Å². The number of amides is 1. The summed E-state index contributed by atoms with van der Waals surface area (Å²) in [6.45, 7) is 4.68. The van der Waals surface area contributed by atoms with E-state index in [1.165, 1.54) is 37.3 Å². The Hall–Kier alpha value is -3.94. The van der Waals surface area contributed by atoms with Crippen LogP contribution in [0, 0.1) is 6.92 Å². The van der Waals surface area contributed by atoms with Gasteiger partial charge in [-0.25, -0.2) is 4.79 Å². The minimum atomic E-state index is -1.66. The zero-order chi connectivity index (χ0) is 29.3. The first-order chi connectivity index (χ1) is 18.9. The van der Waals surface area contributed by atoms with E-state index in [0.29, 0.717) is 12.0 Å². The van der Waals surface area contributed by atoms with Crippen molar-refractivity contribution in [3.05, 3.63) is 69.1 Å². The molecule has 5 atom stereocenters. The Labute approximate surface area is 228 Å². The zero-order valence-electron chi connectivity index (χ0n) is 22.0. The van der Waals surface area contributed by atoms with Gasteiger partial charge in [-0.1, -0.05) is 11.6 Å². The topological polar surface area (TPSA) is 199 Å². The van der Waals surface area contributed by atoms with E-state index in [-0.39, 0.29) is 33.6 Å². The number of allylic oxidation sites excluding steroid dienone is 2. The molecule has 0 bridgehead atoms. The van der Waals surface area contributed by atoms with Crippen LogP contribution in [-0.4, -0.2) is 73.9 Å². The molecule has 12 nitrogen and oxygen atoms in total. The van der Waals surface area contributed by atoms with Crippen LogP contribution in [0.25, 0.3) is 11.0 Å². The molecule has 1 amide bonds. The fraction of sp³-hybridized carbons (Fsp3) is 0.357. The van der Waals surface area contributed by atoms with Crippen molar-refractivity contribution in [3.63, 3.8) is 0 Å². The first-order valence-electron chi connectivity index (χ1n) is 12.5. The van der Waals surface area contributed by atoms with Gasteiger partial charge in [0, 0.05) is 11.1 Å². The maximum absolute atomic E-state index is 12.9. The maximum Gasteiger partial charge on any atom is 0.364 e. The number of aliphatic hydroxyl groups is 4. The van der Waals surface area contributed by atoms with Crippen LogP contribution in [0.2, 0.25) is 0 Å². The third kappa shape index (κ3) is 5.67. The standard InChI is InChI=1S/C28H31NO11/c1-12(2)4-5-14-10-15(6-8-17(14)31)26(36)29-20-21(32)16-7-9-18(13(3)25(16)40-27(20)37)38-28-24(35)23(34)22(33)19(11-30)39-28/h4,6-10,19,22-24,28,30-35H,5,11H2,1-3H3,(H,29,36)/t19?,22-,23?,24?,28-/m1/s1. The highest BCUT2D eigenvalue weighted by Gasteiger charge is 2.45. The van der Waals surface area contributed by atoms with Crippen LogP contribution in [0.3, 0.4) is 0 Å². The minimum Gasteiger partial charge on any atom is -0.508 e. The Morgan fingerprint density at radius 2 is 1.80 bits per heavy atom. The lowest BCUT2D eigenvalue weighted by atomic mass is 9.99. The van der Waals surface area contributed by atoms with Gasteiger partial charge < -0.3 is 49.8 Å². The summed E-state index contributed by atoms with van der Waals surface area (Å²) in [6, 6.07) is 6.97. The first-order valence-corrected chi connectivity index (χ1v) is 12.5. The molecule has 2 aromatic carbocycles. The Balaban J connectivity index is 1.62. The number of aromatic hydroxyl groups is 2. The quantitative estimate of drug-likeness (QED) is 0.164. The third-order valence-electron chi connectivity index (χ3n) is 6.65. The molecule has 12 heteroatoms. The lowest BCUT2D eigenvalue weighted by Crippen LogP contribution is -2.60. The highest BCUT2D eigenvalue weighted by atomic mass is 16.7. The second kappa shape index (κ2) is 11.7. The molecule has 3 aromatic rings. The third-order valence-corrected chi connectivity index (χ3v) is 6.65. The number of carbonyl (C=O) groups is 1. The van der Waals surface area contributed by atoms with Crippen LogP contribution in [0.4, 0.5) is 5.69 Å². The highest BCUT2D eigenvalue weighted by molar-refractivity contribution is 6.06. The molecule has 0 spiro atoms. The molecule has 1 saturated heterocycles. The van der Waals surface area contributed by atoms with Crippen molar-refractivity contribution in [2.75, 3.05) is 11.9 Å². The van der Waals surface area contributed by atoms with Gasteiger partial charge in [0.05, 0.1) is 12.0 Å². The summed E-state index contributed by atoms with van der Waals surface area (Å²) < 4.78 is 16.4. The molecule has 1 fully saturated rings. The van der Waals surface area contributed by atoms with E-state index in [9.17, 15) is 40.2 Å². The van der Waals surface area contributed by atoms with Gasteiger partial charge in [-0.15, -0.1) is 0 Å². The zero-order valence-corrected chi connectivity index (χ0v) is 22.0. The molecule has 1 aromatic heterocycles. The number of anilines is 1. The van der Waals surface area contributed by atoms with Crippen molar-refractivity contribution in [3.8, 4) is 17.2 Å². The van der Waals surface area contributed by atoms with Gasteiger partial charge in [0.2, 0.25) is 6.29 Å². The molecule has 0 aliphatic carbocycles. The van der Waals surface area contributed by atoms with Crippen molar-refractivity contribution in [2.24, 2.45) is 0 Å². The Morgan fingerprint density at radius 1 is 1.07 bits per heavy atom. The lowest BCUT2D eigenvalue weighted by molar-refractivity contribution is -0.277. The number of hydrogen-bond acceptors (Lipinski definition) is 11. The van der Waals surface area contributed by atoms with Crippen molar-refractivity contribution < 1.29 is 49.3 Å². The van der Waals surface area contributed by atoms with Gasteiger partial charge >= 0.3 is 5.63 Å². The van der Waals surface area contributed by atoms with Gasteiger partial charge in [-0.3, -0.25) is 4.79 Å². The summed E-state index contributed by atoms with van der Waals surface area (Å²) in [6.07, 6.45) is -5.25. The van der Waals surface area contributed by atoms with E-state index >= 15 is 0 Å². The lowest BCUT2D eigenvalue weighted by Gasteiger charge is -2.39. The van der Waals surface area contributed by atoms with Gasteiger partial charge in [0.25, 0.3) is 5.91 Å². The highest BCUT2D eigenvalue weighted by Crippen LogP contribution is 2.36. The largest absolute Gasteiger partial charge is 0.508 e. The summed E-state index contributed by atoms with van der Waals surface area (Å²) in [5.74, 6) is -1.19. The molecule has 7 N–H and O–H groups in total. The number of phenolic OH excluding ortho intramolecular Hbond substituents is 1. The SMILES string of the molecule is CC(C)=CCc1cc(C(=O)Nc2c(O)c3ccc(O[C@@H]4OC(CO)[C@@H](O)C(O)C4O)c(C)c3oc2=O)ccc1O. The van der Waals surface area contributed by atoms with Crippen LogP contribution >= 0.6 is 0 Å². The van der Waals surface area contributed by atoms with Crippen molar-refractivity contribution in [2.45, 2.75) is 57.9 Å². The molecule has 4 rings (SSSR count). The van der Waals surface area contributed by atoms with Crippen molar-refractivity contribution in [1.29, 1.82) is 0 Å². The second-order valence-electron chi connectivity index (χ2n) is 9.78. The minimum absolute atomic E-state index is 0.0133. The molecule has 1 aliphatic heterocycles. The van der Waals surface area contributed by atoms with E-state index < -0.39 is 60.3 Å². The molecule has 2 heterocycles. The van der Waals surface area contributed by atoms with Crippen molar-refractivity contribution >= 4 is 22.6 Å². The predicted octanol–water partition coefficient (Wildman–Crippen LogP) is 1.45.